The maximum Gasteiger partial charge on any atom is 0.407 e. The van der Waals surface area contributed by atoms with Crippen molar-refractivity contribution in [3.8, 4) is 0 Å². The first kappa shape index (κ1) is 19.3. The lowest BCUT2D eigenvalue weighted by molar-refractivity contribution is 0.0520. The molecule has 4 nitrogen and oxygen atoms in total. The van der Waals surface area contributed by atoms with E-state index in [-0.39, 0.29) is 6.09 Å². The Labute approximate surface area is 136 Å². The summed E-state index contributed by atoms with van der Waals surface area (Å²) in [5.74, 6) is 0.787. The van der Waals surface area contributed by atoms with E-state index in [9.17, 15) is 4.79 Å². The van der Waals surface area contributed by atoms with Crippen molar-refractivity contribution in [1.29, 1.82) is 0 Å². The van der Waals surface area contributed by atoms with Crippen LogP contribution in [-0.2, 0) is 4.74 Å². The van der Waals surface area contributed by atoms with E-state index in [0.29, 0.717) is 18.6 Å². The average molecular weight is 312 g/mol. The van der Waals surface area contributed by atoms with Crippen LogP contribution in [0.4, 0.5) is 4.79 Å². The van der Waals surface area contributed by atoms with Gasteiger partial charge in [-0.3, -0.25) is 0 Å². The van der Waals surface area contributed by atoms with E-state index in [1.807, 2.05) is 20.8 Å². The predicted molar refractivity (Wildman–Crippen MR) is 92.1 cm³/mol. The topological polar surface area (TPSA) is 50.4 Å². The molecule has 1 aliphatic carbocycles. The summed E-state index contributed by atoms with van der Waals surface area (Å²) >= 11 is 0. The van der Waals surface area contributed by atoms with Crippen LogP contribution in [-0.4, -0.2) is 30.3 Å². The summed E-state index contributed by atoms with van der Waals surface area (Å²) in [5.41, 5.74) is -0.437. The molecule has 1 fully saturated rings. The Morgan fingerprint density at radius 2 is 1.86 bits per heavy atom. The highest BCUT2D eigenvalue weighted by atomic mass is 16.6. The predicted octanol–water partition coefficient (Wildman–Crippen LogP) is 4.24. The van der Waals surface area contributed by atoms with E-state index in [1.54, 1.807) is 0 Å². The minimum atomic E-state index is -0.437. The summed E-state index contributed by atoms with van der Waals surface area (Å²) in [6.07, 6.45) is 8.68. The Hall–Kier alpha value is -0.770. The van der Waals surface area contributed by atoms with Crippen LogP contribution in [0.2, 0.25) is 0 Å². The molecule has 0 bridgehead atoms. The van der Waals surface area contributed by atoms with Crippen molar-refractivity contribution in [3.05, 3.63) is 0 Å². The van der Waals surface area contributed by atoms with Gasteiger partial charge in [-0.2, -0.15) is 0 Å². The van der Waals surface area contributed by atoms with Crippen LogP contribution in [0.5, 0.6) is 0 Å². The Bertz CT molecular complexity index is 320. The first-order chi connectivity index (χ1) is 10.3. The lowest BCUT2D eigenvalue weighted by Crippen LogP contribution is -2.48. The monoisotopic (exact) mass is 312 g/mol. The largest absolute Gasteiger partial charge is 0.444 e. The number of ether oxygens (including phenoxy) is 1. The molecule has 22 heavy (non-hydrogen) atoms. The minimum absolute atomic E-state index is 0.319. The van der Waals surface area contributed by atoms with Gasteiger partial charge in [0.05, 0.1) is 0 Å². The second-order valence-electron chi connectivity index (χ2n) is 7.72. The van der Waals surface area contributed by atoms with Crippen LogP contribution in [0.3, 0.4) is 0 Å². The quantitative estimate of drug-likeness (QED) is 0.739. The van der Waals surface area contributed by atoms with Crippen LogP contribution in [0.1, 0.15) is 79.6 Å². The fraction of sp³-hybridized carbons (Fsp3) is 0.944. The number of hydrogen-bond donors (Lipinski definition) is 2. The zero-order valence-electron chi connectivity index (χ0n) is 15.2. The normalized spacial score (nSPS) is 19.5. The summed E-state index contributed by atoms with van der Waals surface area (Å²) in [7, 11) is 0. The van der Waals surface area contributed by atoms with Gasteiger partial charge in [0.25, 0.3) is 0 Å². The molecule has 2 N–H and O–H groups in total. The second-order valence-corrected chi connectivity index (χ2v) is 7.72. The van der Waals surface area contributed by atoms with Gasteiger partial charge in [-0.15, -0.1) is 0 Å². The highest BCUT2D eigenvalue weighted by Crippen LogP contribution is 2.26. The third-order valence-corrected chi connectivity index (χ3v) is 4.38. The van der Waals surface area contributed by atoms with Crippen molar-refractivity contribution < 1.29 is 9.53 Å². The second kappa shape index (κ2) is 9.39. The summed E-state index contributed by atoms with van der Waals surface area (Å²) in [6.45, 7) is 10.8. The van der Waals surface area contributed by atoms with Crippen LogP contribution in [0, 0.1) is 5.92 Å². The number of carbonyl (C=O) groups excluding carboxylic acids is 1. The van der Waals surface area contributed by atoms with E-state index < -0.39 is 5.60 Å². The van der Waals surface area contributed by atoms with Gasteiger partial charge < -0.3 is 15.4 Å². The van der Waals surface area contributed by atoms with E-state index >= 15 is 0 Å². The zero-order chi connectivity index (χ0) is 16.6. The molecule has 0 aromatic rings. The maximum absolute atomic E-state index is 11.8. The molecule has 4 heteroatoms. The Morgan fingerprint density at radius 3 is 2.41 bits per heavy atom. The highest BCUT2D eigenvalue weighted by Gasteiger charge is 2.23. The Balaban J connectivity index is 2.38. The van der Waals surface area contributed by atoms with E-state index in [1.165, 1.54) is 32.1 Å². The summed E-state index contributed by atoms with van der Waals surface area (Å²) in [5, 5.41) is 6.64. The van der Waals surface area contributed by atoms with Crippen molar-refractivity contribution >= 4 is 6.09 Å². The summed E-state index contributed by atoms with van der Waals surface area (Å²) in [6, 6.07) is 0.853. The molecule has 0 saturated heterocycles. The molecule has 1 saturated carbocycles. The first-order valence-electron chi connectivity index (χ1n) is 9.04. The van der Waals surface area contributed by atoms with Crippen molar-refractivity contribution in [2.75, 3.05) is 6.54 Å². The van der Waals surface area contributed by atoms with Gasteiger partial charge in [-0.1, -0.05) is 32.6 Å². The summed E-state index contributed by atoms with van der Waals surface area (Å²) < 4.78 is 5.31. The van der Waals surface area contributed by atoms with Crippen molar-refractivity contribution in [2.45, 2.75) is 97.2 Å². The number of nitrogens with one attached hydrogen (secondary N) is 2. The number of amides is 1. The van der Waals surface area contributed by atoms with Gasteiger partial charge in [-0.25, -0.2) is 4.79 Å². The van der Waals surface area contributed by atoms with Crippen LogP contribution < -0.4 is 10.6 Å². The highest BCUT2D eigenvalue weighted by molar-refractivity contribution is 5.67. The molecular weight excluding hydrogens is 276 g/mol. The Morgan fingerprint density at radius 1 is 1.23 bits per heavy atom. The third kappa shape index (κ3) is 8.02. The van der Waals surface area contributed by atoms with Crippen LogP contribution >= 0.6 is 0 Å². The molecule has 130 valence electrons. The van der Waals surface area contributed by atoms with Crippen molar-refractivity contribution in [1.82, 2.24) is 10.6 Å². The lowest BCUT2D eigenvalue weighted by atomic mass is 9.84. The molecule has 0 aliphatic heterocycles. The standard InChI is InChI=1S/C18H36N2O2/c1-6-10-16(13-19-17(21)22-18(3,4)5)20-14(2)15-11-8-7-9-12-15/h14-16,20H,6-13H2,1-5H3,(H,19,21). The fourth-order valence-electron chi connectivity index (χ4n) is 3.26. The molecule has 0 aromatic heterocycles. The Kier molecular flexibility index (Phi) is 8.23. The lowest BCUT2D eigenvalue weighted by Gasteiger charge is -2.32. The molecule has 2 atom stereocenters. The van der Waals surface area contributed by atoms with Crippen LogP contribution in [0.15, 0.2) is 0 Å². The number of carbonyl (C=O) groups is 1. The molecule has 2 unspecified atom stereocenters. The molecule has 0 aromatic carbocycles. The van der Waals surface area contributed by atoms with E-state index in [2.05, 4.69) is 24.5 Å². The van der Waals surface area contributed by atoms with Gasteiger partial charge in [0.15, 0.2) is 0 Å². The third-order valence-electron chi connectivity index (χ3n) is 4.38. The van der Waals surface area contributed by atoms with E-state index in [4.69, 9.17) is 4.74 Å². The van der Waals surface area contributed by atoms with Crippen LogP contribution in [0.25, 0.3) is 0 Å². The maximum atomic E-state index is 11.8. The summed E-state index contributed by atoms with van der Waals surface area (Å²) in [4.78, 5) is 11.8. The van der Waals surface area contributed by atoms with Gasteiger partial charge >= 0.3 is 6.09 Å². The SMILES string of the molecule is CCCC(CNC(=O)OC(C)(C)C)NC(C)C1CCCCC1. The minimum Gasteiger partial charge on any atom is -0.444 e. The van der Waals surface area contributed by atoms with E-state index in [0.717, 1.165) is 18.8 Å². The van der Waals surface area contributed by atoms with Crippen molar-refractivity contribution in [3.63, 3.8) is 0 Å². The molecule has 1 amide bonds. The number of rotatable bonds is 7. The van der Waals surface area contributed by atoms with Crippen molar-refractivity contribution in [2.24, 2.45) is 5.92 Å². The molecule has 1 aliphatic rings. The fourth-order valence-corrected chi connectivity index (χ4v) is 3.26. The average Bonchev–Trinajstić information content (AvgIpc) is 2.44. The number of alkyl carbamates (subject to hydrolysis) is 1. The zero-order valence-corrected chi connectivity index (χ0v) is 15.2. The molecular formula is C18H36N2O2. The van der Waals surface area contributed by atoms with Gasteiger partial charge in [0.1, 0.15) is 5.60 Å². The van der Waals surface area contributed by atoms with Gasteiger partial charge in [0, 0.05) is 18.6 Å². The molecule has 1 rings (SSSR count). The molecule has 0 heterocycles. The molecule has 0 radical (unpaired) electrons. The van der Waals surface area contributed by atoms with Gasteiger partial charge in [0.2, 0.25) is 0 Å². The number of hydrogen-bond acceptors (Lipinski definition) is 3. The smallest absolute Gasteiger partial charge is 0.407 e. The van der Waals surface area contributed by atoms with Gasteiger partial charge in [-0.05, 0) is 52.9 Å². The molecule has 0 spiro atoms. The first-order valence-corrected chi connectivity index (χ1v) is 9.04.